The molecule has 1 aliphatic rings. The van der Waals surface area contributed by atoms with Crippen LogP contribution in [0.2, 0.25) is 0 Å². The van der Waals surface area contributed by atoms with Crippen LogP contribution in [0.5, 0.6) is 0 Å². The molecule has 33 heavy (non-hydrogen) atoms. The van der Waals surface area contributed by atoms with Gasteiger partial charge in [-0.2, -0.15) is 0 Å². The van der Waals surface area contributed by atoms with Crippen molar-refractivity contribution in [2.45, 2.75) is 83.4 Å². The molecule has 2 amide bonds. The van der Waals surface area contributed by atoms with Crippen molar-refractivity contribution < 1.29 is 9.59 Å². The van der Waals surface area contributed by atoms with E-state index in [2.05, 4.69) is 12.2 Å². The Morgan fingerprint density at radius 1 is 0.970 bits per heavy atom. The van der Waals surface area contributed by atoms with E-state index in [0.29, 0.717) is 12.2 Å². The van der Waals surface area contributed by atoms with Gasteiger partial charge in [0.05, 0.1) is 5.75 Å². The topological polar surface area (TPSA) is 49.4 Å². The molecule has 1 saturated heterocycles. The summed E-state index contributed by atoms with van der Waals surface area (Å²) in [5.41, 5.74) is 3.90. The summed E-state index contributed by atoms with van der Waals surface area (Å²) in [7, 11) is 0. The lowest BCUT2D eigenvalue weighted by molar-refractivity contribution is -0.117. The minimum absolute atomic E-state index is 0.0702. The predicted molar refractivity (Wildman–Crippen MR) is 141 cm³/mol. The highest BCUT2D eigenvalue weighted by atomic mass is 32.2. The molecule has 4 nitrogen and oxygen atoms in total. The van der Waals surface area contributed by atoms with E-state index in [1.165, 1.54) is 44.9 Å². The van der Waals surface area contributed by atoms with Gasteiger partial charge in [-0.1, -0.05) is 82.6 Å². The molecule has 1 aliphatic heterocycles. The van der Waals surface area contributed by atoms with Crippen LogP contribution < -0.4 is 10.2 Å². The molecule has 2 aromatic rings. The summed E-state index contributed by atoms with van der Waals surface area (Å²) in [6.07, 6.45) is 11.8. The van der Waals surface area contributed by atoms with Gasteiger partial charge in [0.2, 0.25) is 11.8 Å². The lowest BCUT2D eigenvalue weighted by Crippen LogP contribution is -2.27. The van der Waals surface area contributed by atoms with Gasteiger partial charge < -0.3 is 5.32 Å². The van der Waals surface area contributed by atoms with Gasteiger partial charge in [0, 0.05) is 17.8 Å². The first-order chi connectivity index (χ1) is 16.1. The molecule has 1 N–H and O–H groups in total. The summed E-state index contributed by atoms with van der Waals surface area (Å²) in [4.78, 5) is 26.9. The molecule has 0 radical (unpaired) electrons. The van der Waals surface area contributed by atoms with E-state index in [4.69, 9.17) is 0 Å². The Hall–Kier alpha value is -2.27. The standard InChI is InChI=1S/C28H38N2O2S/c1-3-4-5-6-7-8-9-10-11-18-26(31)29-24-16-13-15-23(20-24)28-30(27(32)21-33-28)25-17-12-14-22(2)19-25/h12-17,19-20,28H,3-11,18,21H2,1-2H3,(H,29,31)/t28-/m0/s1. The van der Waals surface area contributed by atoms with Crippen LogP contribution in [0.25, 0.3) is 0 Å². The number of aryl methyl sites for hydroxylation is 1. The second-order valence-electron chi connectivity index (χ2n) is 9.02. The van der Waals surface area contributed by atoms with Crippen molar-refractivity contribution in [3.05, 3.63) is 59.7 Å². The van der Waals surface area contributed by atoms with E-state index in [9.17, 15) is 9.59 Å². The van der Waals surface area contributed by atoms with Crippen LogP contribution in [0.4, 0.5) is 11.4 Å². The molecule has 1 heterocycles. The summed E-state index contributed by atoms with van der Waals surface area (Å²) in [5, 5.41) is 2.98. The van der Waals surface area contributed by atoms with Gasteiger partial charge in [0.1, 0.15) is 5.37 Å². The third kappa shape index (κ3) is 7.92. The third-order valence-electron chi connectivity index (χ3n) is 6.11. The van der Waals surface area contributed by atoms with Crippen molar-refractivity contribution in [1.82, 2.24) is 0 Å². The van der Waals surface area contributed by atoms with Crippen LogP contribution in [-0.2, 0) is 9.59 Å². The Bertz CT molecular complexity index is 914. The average molecular weight is 467 g/mol. The smallest absolute Gasteiger partial charge is 0.238 e. The number of hydrogen-bond donors (Lipinski definition) is 1. The number of anilines is 2. The average Bonchev–Trinajstić information content (AvgIpc) is 3.19. The van der Waals surface area contributed by atoms with Crippen LogP contribution >= 0.6 is 11.8 Å². The van der Waals surface area contributed by atoms with Crippen molar-refractivity contribution >= 4 is 35.0 Å². The van der Waals surface area contributed by atoms with E-state index in [1.807, 2.05) is 60.4 Å². The zero-order valence-corrected chi connectivity index (χ0v) is 21.0. The molecule has 0 spiro atoms. The number of hydrogen-bond acceptors (Lipinski definition) is 3. The van der Waals surface area contributed by atoms with E-state index < -0.39 is 0 Å². The SMILES string of the molecule is CCCCCCCCCCCC(=O)Nc1cccc([C@@H]2SCC(=O)N2c2cccc(C)c2)c1. The minimum Gasteiger partial charge on any atom is -0.326 e. The second-order valence-corrected chi connectivity index (χ2v) is 10.1. The Labute approximate surface area is 203 Å². The molecule has 178 valence electrons. The largest absolute Gasteiger partial charge is 0.326 e. The van der Waals surface area contributed by atoms with Crippen molar-refractivity contribution in [3.8, 4) is 0 Å². The lowest BCUT2D eigenvalue weighted by atomic mass is 10.1. The fraction of sp³-hybridized carbons (Fsp3) is 0.500. The fourth-order valence-corrected chi connectivity index (χ4v) is 5.48. The number of carbonyl (C=O) groups excluding carboxylic acids is 2. The van der Waals surface area contributed by atoms with Gasteiger partial charge >= 0.3 is 0 Å². The first-order valence-corrected chi connectivity index (χ1v) is 13.5. The fourth-order valence-electron chi connectivity index (χ4n) is 4.32. The number of thioether (sulfide) groups is 1. The Balaban J connectivity index is 1.48. The number of nitrogens with one attached hydrogen (secondary N) is 1. The first-order valence-electron chi connectivity index (χ1n) is 12.5. The molecule has 0 aromatic heterocycles. The zero-order chi connectivity index (χ0) is 23.5. The number of nitrogens with zero attached hydrogens (tertiary/aromatic N) is 1. The van der Waals surface area contributed by atoms with Gasteiger partial charge in [0.25, 0.3) is 0 Å². The van der Waals surface area contributed by atoms with Gasteiger partial charge in [-0.3, -0.25) is 14.5 Å². The predicted octanol–water partition coefficient (Wildman–Crippen LogP) is 7.63. The molecule has 1 atom stereocenters. The molecule has 0 bridgehead atoms. The molecule has 2 aromatic carbocycles. The van der Waals surface area contributed by atoms with Crippen molar-refractivity contribution in [1.29, 1.82) is 0 Å². The monoisotopic (exact) mass is 466 g/mol. The summed E-state index contributed by atoms with van der Waals surface area (Å²) in [5.74, 6) is 0.657. The van der Waals surface area contributed by atoms with Crippen molar-refractivity contribution in [3.63, 3.8) is 0 Å². The molecule has 0 unspecified atom stereocenters. The molecule has 1 fully saturated rings. The number of rotatable bonds is 13. The van der Waals surface area contributed by atoms with Crippen molar-refractivity contribution in [2.24, 2.45) is 0 Å². The second kappa shape index (κ2) is 13.4. The summed E-state index contributed by atoms with van der Waals surface area (Å²) in [6, 6.07) is 16.0. The van der Waals surface area contributed by atoms with Crippen LogP contribution in [0, 0.1) is 6.92 Å². The number of carbonyl (C=O) groups is 2. The lowest BCUT2D eigenvalue weighted by Gasteiger charge is -2.25. The Morgan fingerprint density at radius 3 is 2.39 bits per heavy atom. The van der Waals surface area contributed by atoms with E-state index in [-0.39, 0.29) is 17.2 Å². The van der Waals surface area contributed by atoms with Gasteiger partial charge in [-0.05, 0) is 48.7 Å². The highest BCUT2D eigenvalue weighted by molar-refractivity contribution is 8.00. The van der Waals surface area contributed by atoms with Crippen molar-refractivity contribution in [2.75, 3.05) is 16.0 Å². The van der Waals surface area contributed by atoms with Crippen LogP contribution in [0.1, 0.15) is 87.6 Å². The molecule has 3 rings (SSSR count). The highest BCUT2D eigenvalue weighted by Gasteiger charge is 2.34. The quantitative estimate of drug-likeness (QED) is 0.309. The number of benzene rings is 2. The molecular weight excluding hydrogens is 428 g/mol. The Kier molecular flexibility index (Phi) is 10.3. The molecule has 5 heteroatoms. The van der Waals surface area contributed by atoms with Gasteiger partial charge in [0.15, 0.2) is 0 Å². The first kappa shape index (κ1) is 25.4. The summed E-state index contributed by atoms with van der Waals surface area (Å²) < 4.78 is 0. The maximum Gasteiger partial charge on any atom is 0.238 e. The number of unbranched alkanes of at least 4 members (excludes halogenated alkanes) is 8. The highest BCUT2D eigenvalue weighted by Crippen LogP contribution is 2.42. The van der Waals surface area contributed by atoms with E-state index in [1.54, 1.807) is 11.8 Å². The van der Waals surface area contributed by atoms with Crippen LogP contribution in [0.15, 0.2) is 48.5 Å². The molecule has 0 saturated carbocycles. The summed E-state index contributed by atoms with van der Waals surface area (Å²) in [6.45, 7) is 4.28. The minimum atomic E-state index is -0.0755. The zero-order valence-electron chi connectivity index (χ0n) is 20.1. The van der Waals surface area contributed by atoms with E-state index in [0.717, 1.165) is 35.3 Å². The van der Waals surface area contributed by atoms with Crippen LogP contribution in [-0.4, -0.2) is 17.6 Å². The maximum absolute atomic E-state index is 12.6. The molecular formula is C28H38N2O2S. The molecule has 0 aliphatic carbocycles. The van der Waals surface area contributed by atoms with Crippen LogP contribution in [0.3, 0.4) is 0 Å². The van der Waals surface area contributed by atoms with Gasteiger partial charge in [-0.15, -0.1) is 11.8 Å². The van der Waals surface area contributed by atoms with E-state index >= 15 is 0 Å². The third-order valence-corrected chi connectivity index (χ3v) is 7.32. The summed E-state index contributed by atoms with van der Waals surface area (Å²) >= 11 is 1.63. The number of amides is 2. The Morgan fingerprint density at radius 2 is 1.67 bits per heavy atom. The normalized spacial score (nSPS) is 15.8. The van der Waals surface area contributed by atoms with Gasteiger partial charge in [-0.25, -0.2) is 0 Å². The maximum atomic E-state index is 12.6.